The van der Waals surface area contributed by atoms with Crippen LogP contribution in [-0.2, 0) is 11.3 Å². The number of nitrogens with one attached hydrogen (secondary N) is 2. The van der Waals surface area contributed by atoms with Gasteiger partial charge in [-0.3, -0.25) is 4.79 Å². The van der Waals surface area contributed by atoms with Crippen molar-refractivity contribution in [3.63, 3.8) is 0 Å². The third-order valence-corrected chi connectivity index (χ3v) is 2.63. The van der Waals surface area contributed by atoms with Crippen LogP contribution >= 0.6 is 0 Å². The van der Waals surface area contributed by atoms with Gasteiger partial charge in [0.05, 0.1) is 6.54 Å². The molecular formula is C15H24N4O2. The monoisotopic (exact) mass is 292 g/mol. The molecule has 0 saturated heterocycles. The lowest BCUT2D eigenvalue weighted by Gasteiger charge is -2.07. The Morgan fingerprint density at radius 2 is 2.14 bits per heavy atom. The van der Waals surface area contributed by atoms with Crippen LogP contribution in [0.25, 0.3) is 0 Å². The van der Waals surface area contributed by atoms with Crippen molar-refractivity contribution in [3.8, 4) is 5.75 Å². The number of amides is 1. The largest absolute Gasteiger partial charge is 0.484 e. The Labute approximate surface area is 125 Å². The van der Waals surface area contributed by atoms with Gasteiger partial charge in [-0.25, -0.2) is 4.99 Å². The van der Waals surface area contributed by atoms with Gasteiger partial charge in [-0.05, 0) is 31.0 Å². The molecule has 0 aliphatic rings. The molecule has 0 aromatic heterocycles. The molecule has 0 radical (unpaired) electrons. The first-order chi connectivity index (χ1) is 10.2. The quantitative estimate of drug-likeness (QED) is 0.493. The molecule has 0 aliphatic heterocycles. The van der Waals surface area contributed by atoms with Crippen LogP contribution in [0.1, 0.15) is 25.8 Å². The molecule has 0 heterocycles. The highest BCUT2D eigenvalue weighted by atomic mass is 16.5. The van der Waals surface area contributed by atoms with Crippen LogP contribution in [0.4, 0.5) is 0 Å². The Balaban J connectivity index is 2.50. The van der Waals surface area contributed by atoms with E-state index in [0.29, 0.717) is 24.8 Å². The predicted molar refractivity (Wildman–Crippen MR) is 84.2 cm³/mol. The van der Waals surface area contributed by atoms with Crippen molar-refractivity contribution in [2.45, 2.75) is 26.8 Å². The van der Waals surface area contributed by atoms with Crippen molar-refractivity contribution in [2.75, 3.05) is 19.7 Å². The minimum Gasteiger partial charge on any atom is -0.484 e. The zero-order chi connectivity index (χ0) is 15.5. The first-order valence-corrected chi connectivity index (χ1v) is 7.18. The van der Waals surface area contributed by atoms with Crippen LogP contribution < -0.4 is 21.1 Å². The average Bonchev–Trinajstić information content (AvgIpc) is 2.49. The summed E-state index contributed by atoms with van der Waals surface area (Å²) >= 11 is 0. The van der Waals surface area contributed by atoms with Crippen molar-refractivity contribution in [2.24, 2.45) is 10.7 Å². The third kappa shape index (κ3) is 7.20. The van der Waals surface area contributed by atoms with Crippen LogP contribution in [0.5, 0.6) is 5.75 Å². The van der Waals surface area contributed by atoms with E-state index in [9.17, 15) is 4.79 Å². The lowest BCUT2D eigenvalue weighted by Crippen LogP contribution is -2.32. The summed E-state index contributed by atoms with van der Waals surface area (Å²) in [4.78, 5) is 15.6. The van der Waals surface area contributed by atoms with Gasteiger partial charge in [0.25, 0.3) is 5.91 Å². The van der Waals surface area contributed by atoms with Crippen LogP contribution in [0.3, 0.4) is 0 Å². The van der Waals surface area contributed by atoms with Gasteiger partial charge >= 0.3 is 0 Å². The Kier molecular flexibility index (Phi) is 7.71. The van der Waals surface area contributed by atoms with Gasteiger partial charge < -0.3 is 21.1 Å². The molecule has 4 N–H and O–H groups in total. The van der Waals surface area contributed by atoms with E-state index in [1.54, 1.807) is 0 Å². The van der Waals surface area contributed by atoms with E-state index >= 15 is 0 Å². The molecule has 0 fully saturated rings. The topological polar surface area (TPSA) is 88.7 Å². The van der Waals surface area contributed by atoms with Gasteiger partial charge in [0.15, 0.2) is 12.6 Å². The number of aliphatic imine (C=N–C) groups is 1. The molecule has 0 unspecified atom stereocenters. The lowest BCUT2D eigenvalue weighted by molar-refractivity contribution is -0.122. The number of guanidine groups is 1. The summed E-state index contributed by atoms with van der Waals surface area (Å²) < 4.78 is 5.43. The molecule has 6 heteroatoms. The Bertz CT molecular complexity index is 474. The second-order valence-electron chi connectivity index (χ2n) is 4.52. The lowest BCUT2D eigenvalue weighted by atomic mass is 10.2. The van der Waals surface area contributed by atoms with Crippen LogP contribution in [0.15, 0.2) is 29.3 Å². The summed E-state index contributed by atoms with van der Waals surface area (Å²) in [5.41, 5.74) is 6.71. The molecule has 0 aliphatic carbocycles. The summed E-state index contributed by atoms with van der Waals surface area (Å²) in [6, 6.07) is 7.48. The summed E-state index contributed by atoms with van der Waals surface area (Å²) in [6.07, 6.45) is 0.999. The first-order valence-electron chi connectivity index (χ1n) is 7.18. The highest BCUT2D eigenvalue weighted by Crippen LogP contribution is 2.13. The minimum atomic E-state index is -0.131. The summed E-state index contributed by atoms with van der Waals surface area (Å²) in [5, 5.41) is 5.69. The molecule has 1 rings (SSSR count). The van der Waals surface area contributed by atoms with E-state index in [2.05, 4.69) is 22.5 Å². The van der Waals surface area contributed by atoms with E-state index in [4.69, 9.17) is 10.5 Å². The molecule has 116 valence electrons. The zero-order valence-corrected chi connectivity index (χ0v) is 12.7. The highest BCUT2D eigenvalue weighted by Gasteiger charge is 2.02. The number of likely N-dealkylation sites (N-methyl/N-ethyl adjacent to an activating group) is 1. The maximum absolute atomic E-state index is 11.3. The number of rotatable bonds is 8. The fraction of sp³-hybridized carbons (Fsp3) is 0.467. The van der Waals surface area contributed by atoms with Crippen molar-refractivity contribution >= 4 is 11.9 Å². The Morgan fingerprint density at radius 3 is 2.86 bits per heavy atom. The Morgan fingerprint density at radius 1 is 1.33 bits per heavy atom. The van der Waals surface area contributed by atoms with E-state index in [1.807, 2.05) is 31.2 Å². The molecule has 6 nitrogen and oxygen atoms in total. The number of nitrogens with two attached hydrogens (primary N) is 1. The average molecular weight is 292 g/mol. The molecule has 1 aromatic carbocycles. The van der Waals surface area contributed by atoms with E-state index in [-0.39, 0.29) is 12.5 Å². The maximum atomic E-state index is 11.3. The van der Waals surface area contributed by atoms with E-state index in [0.717, 1.165) is 18.5 Å². The molecule has 0 bridgehead atoms. The number of carbonyl (C=O) groups excluding carboxylic acids is 1. The van der Waals surface area contributed by atoms with Gasteiger partial charge in [-0.15, -0.1) is 0 Å². The van der Waals surface area contributed by atoms with Crippen molar-refractivity contribution in [1.29, 1.82) is 0 Å². The van der Waals surface area contributed by atoms with Crippen molar-refractivity contribution in [3.05, 3.63) is 29.8 Å². The highest BCUT2D eigenvalue weighted by molar-refractivity contribution is 5.78. The summed E-state index contributed by atoms with van der Waals surface area (Å²) in [7, 11) is 0. The van der Waals surface area contributed by atoms with Gasteiger partial charge in [-0.1, -0.05) is 19.1 Å². The van der Waals surface area contributed by atoms with Gasteiger partial charge in [-0.2, -0.15) is 0 Å². The number of hydrogen-bond donors (Lipinski definition) is 3. The number of hydrogen-bond acceptors (Lipinski definition) is 3. The smallest absolute Gasteiger partial charge is 0.257 e. The Hall–Kier alpha value is -2.24. The molecule has 21 heavy (non-hydrogen) atoms. The molecule has 0 atom stereocenters. The van der Waals surface area contributed by atoms with Crippen molar-refractivity contribution in [1.82, 2.24) is 10.6 Å². The zero-order valence-electron chi connectivity index (χ0n) is 12.7. The maximum Gasteiger partial charge on any atom is 0.257 e. The number of nitrogens with zero attached hydrogens (tertiary/aromatic N) is 1. The number of ether oxygens (including phenoxy) is 1. The normalized spacial score (nSPS) is 11.0. The van der Waals surface area contributed by atoms with Crippen LogP contribution in [0.2, 0.25) is 0 Å². The van der Waals surface area contributed by atoms with Crippen molar-refractivity contribution < 1.29 is 9.53 Å². The molecule has 1 aromatic rings. The van der Waals surface area contributed by atoms with Crippen LogP contribution in [-0.4, -0.2) is 31.6 Å². The summed E-state index contributed by atoms with van der Waals surface area (Å²) in [6.45, 7) is 5.83. The number of carbonyl (C=O) groups is 1. The van der Waals surface area contributed by atoms with Gasteiger partial charge in [0.2, 0.25) is 0 Å². The molecular weight excluding hydrogens is 268 g/mol. The molecule has 0 spiro atoms. The third-order valence-electron chi connectivity index (χ3n) is 2.63. The summed E-state index contributed by atoms with van der Waals surface area (Å²) in [5.74, 6) is 0.952. The second kappa shape index (κ2) is 9.63. The standard InChI is InChI=1S/C15H24N4O2/c1-3-8-18-15(16)19-10-12-6-5-7-13(9-12)21-11-14(20)17-4-2/h5-7,9H,3-4,8,10-11H2,1-2H3,(H,17,20)(H3,16,18,19). The van der Waals surface area contributed by atoms with Gasteiger partial charge in [0, 0.05) is 13.1 Å². The fourth-order valence-corrected chi connectivity index (χ4v) is 1.62. The van der Waals surface area contributed by atoms with Crippen LogP contribution in [0, 0.1) is 0 Å². The first kappa shape index (κ1) is 16.8. The predicted octanol–water partition coefficient (Wildman–Crippen LogP) is 1.02. The minimum absolute atomic E-state index is 0.0146. The fourth-order valence-electron chi connectivity index (χ4n) is 1.62. The second-order valence-corrected chi connectivity index (χ2v) is 4.52. The molecule has 1 amide bonds. The molecule has 0 saturated carbocycles. The number of benzene rings is 1. The van der Waals surface area contributed by atoms with E-state index in [1.165, 1.54) is 0 Å². The van der Waals surface area contributed by atoms with Gasteiger partial charge in [0.1, 0.15) is 5.75 Å². The van der Waals surface area contributed by atoms with E-state index < -0.39 is 0 Å². The SMILES string of the molecule is CCCNC(N)=NCc1cccc(OCC(=O)NCC)c1.